The number of likely N-dealkylation sites (tertiary alicyclic amines) is 1. The highest BCUT2D eigenvalue weighted by molar-refractivity contribution is 5.76. The van der Waals surface area contributed by atoms with Crippen LogP contribution >= 0.6 is 0 Å². The maximum Gasteiger partial charge on any atom is 0.224 e. The van der Waals surface area contributed by atoms with E-state index in [1.54, 1.807) is 0 Å². The van der Waals surface area contributed by atoms with Crippen molar-refractivity contribution in [2.45, 2.75) is 46.0 Å². The molecule has 0 aromatic heterocycles. The number of hydrogen-bond acceptors (Lipinski definition) is 2. The Morgan fingerprint density at radius 3 is 2.25 bits per heavy atom. The molecule has 1 aromatic carbocycles. The van der Waals surface area contributed by atoms with Gasteiger partial charge in [-0.2, -0.15) is 0 Å². The molecule has 0 aliphatic carbocycles. The van der Waals surface area contributed by atoms with E-state index in [4.69, 9.17) is 0 Å². The van der Waals surface area contributed by atoms with E-state index in [-0.39, 0.29) is 0 Å². The lowest BCUT2D eigenvalue weighted by atomic mass is 10.1. The molecule has 0 radical (unpaired) electrons. The van der Waals surface area contributed by atoms with Crippen molar-refractivity contribution in [3.05, 3.63) is 29.3 Å². The van der Waals surface area contributed by atoms with Crippen LogP contribution < -0.4 is 5.32 Å². The molecule has 1 heterocycles. The highest BCUT2D eigenvalue weighted by atomic mass is 16.2. The first kappa shape index (κ1) is 14.9. The Morgan fingerprint density at radius 2 is 1.65 bits per heavy atom. The second-order valence-corrected chi connectivity index (χ2v) is 5.85. The lowest BCUT2D eigenvalue weighted by Gasteiger charge is -2.20. The molecule has 1 N–H and O–H groups in total. The third kappa shape index (κ3) is 4.55. The van der Waals surface area contributed by atoms with Crippen molar-refractivity contribution >= 4 is 11.6 Å². The van der Waals surface area contributed by atoms with E-state index in [9.17, 15) is 4.79 Å². The van der Waals surface area contributed by atoms with E-state index in [1.807, 2.05) is 4.90 Å². The predicted molar refractivity (Wildman–Crippen MR) is 84.1 cm³/mol. The third-order valence-electron chi connectivity index (χ3n) is 3.85. The fourth-order valence-electron chi connectivity index (χ4n) is 2.87. The quantitative estimate of drug-likeness (QED) is 0.911. The van der Waals surface area contributed by atoms with E-state index in [0.29, 0.717) is 12.3 Å². The Kier molecular flexibility index (Phi) is 5.45. The van der Waals surface area contributed by atoms with Crippen molar-refractivity contribution in [1.82, 2.24) is 4.90 Å². The fraction of sp³-hybridized carbons (Fsp3) is 0.588. The first-order valence-electron chi connectivity index (χ1n) is 7.75. The standard InChI is InChI=1S/C17H26N2O/c1-14-11-15(2)13-16(12-14)18-8-7-17(20)19-9-5-3-4-6-10-19/h11-13,18H,3-10H2,1-2H3. The molecule has 110 valence electrons. The van der Waals surface area contributed by atoms with Crippen molar-refractivity contribution < 1.29 is 4.79 Å². The van der Waals surface area contributed by atoms with Crippen LogP contribution in [-0.4, -0.2) is 30.4 Å². The summed E-state index contributed by atoms with van der Waals surface area (Å²) >= 11 is 0. The van der Waals surface area contributed by atoms with Crippen LogP contribution in [0.15, 0.2) is 18.2 Å². The summed E-state index contributed by atoms with van der Waals surface area (Å²) in [5.41, 5.74) is 3.63. The van der Waals surface area contributed by atoms with Gasteiger partial charge in [-0.25, -0.2) is 0 Å². The highest BCUT2D eigenvalue weighted by Gasteiger charge is 2.14. The summed E-state index contributed by atoms with van der Waals surface area (Å²) in [6, 6.07) is 6.42. The molecule has 3 heteroatoms. The van der Waals surface area contributed by atoms with Gasteiger partial charge in [0.1, 0.15) is 0 Å². The van der Waals surface area contributed by atoms with Gasteiger partial charge in [-0.15, -0.1) is 0 Å². The normalized spacial score (nSPS) is 15.8. The fourth-order valence-corrected chi connectivity index (χ4v) is 2.87. The van der Waals surface area contributed by atoms with Gasteiger partial charge in [-0.3, -0.25) is 4.79 Å². The summed E-state index contributed by atoms with van der Waals surface area (Å²) in [6.07, 6.45) is 5.45. The summed E-state index contributed by atoms with van der Waals surface area (Å²) in [5.74, 6) is 0.295. The van der Waals surface area contributed by atoms with E-state index in [2.05, 4.69) is 37.4 Å². The van der Waals surface area contributed by atoms with E-state index in [1.165, 1.54) is 24.0 Å². The molecular formula is C17H26N2O. The number of hydrogen-bond donors (Lipinski definition) is 1. The molecule has 2 rings (SSSR count). The molecule has 0 unspecified atom stereocenters. The number of carbonyl (C=O) groups excluding carboxylic acids is 1. The highest BCUT2D eigenvalue weighted by Crippen LogP contribution is 2.14. The smallest absolute Gasteiger partial charge is 0.224 e. The summed E-state index contributed by atoms with van der Waals surface area (Å²) in [5, 5.41) is 3.36. The molecule has 3 nitrogen and oxygen atoms in total. The SMILES string of the molecule is Cc1cc(C)cc(NCCC(=O)N2CCCCCC2)c1. The van der Waals surface area contributed by atoms with Crippen molar-refractivity contribution in [1.29, 1.82) is 0 Å². The number of nitrogens with zero attached hydrogens (tertiary/aromatic N) is 1. The van der Waals surface area contributed by atoms with Crippen LogP contribution in [0.4, 0.5) is 5.69 Å². The number of carbonyl (C=O) groups is 1. The molecular weight excluding hydrogens is 248 g/mol. The van der Waals surface area contributed by atoms with Crippen LogP contribution in [0, 0.1) is 13.8 Å². The average molecular weight is 274 g/mol. The van der Waals surface area contributed by atoms with Gasteiger partial charge in [0, 0.05) is 31.7 Å². The zero-order valence-corrected chi connectivity index (χ0v) is 12.7. The minimum absolute atomic E-state index is 0.295. The second-order valence-electron chi connectivity index (χ2n) is 5.85. The number of anilines is 1. The molecule has 0 spiro atoms. The molecule has 0 atom stereocenters. The van der Waals surface area contributed by atoms with Gasteiger partial charge in [0.25, 0.3) is 0 Å². The van der Waals surface area contributed by atoms with Crippen LogP contribution in [0.3, 0.4) is 0 Å². The maximum absolute atomic E-state index is 12.2. The van der Waals surface area contributed by atoms with E-state index >= 15 is 0 Å². The molecule has 1 saturated heterocycles. The van der Waals surface area contributed by atoms with Crippen molar-refractivity contribution in [3.63, 3.8) is 0 Å². The number of benzene rings is 1. The van der Waals surface area contributed by atoms with Gasteiger partial charge in [0.2, 0.25) is 5.91 Å². The van der Waals surface area contributed by atoms with Crippen LogP contribution in [0.2, 0.25) is 0 Å². The average Bonchev–Trinajstić information content (AvgIpc) is 2.66. The lowest BCUT2D eigenvalue weighted by Crippen LogP contribution is -2.32. The molecule has 1 aromatic rings. The minimum atomic E-state index is 0.295. The van der Waals surface area contributed by atoms with Crippen LogP contribution in [0.5, 0.6) is 0 Å². The van der Waals surface area contributed by atoms with Crippen LogP contribution in [0.25, 0.3) is 0 Å². The van der Waals surface area contributed by atoms with Crippen molar-refractivity contribution in [3.8, 4) is 0 Å². The van der Waals surface area contributed by atoms with Gasteiger partial charge in [0.05, 0.1) is 0 Å². The van der Waals surface area contributed by atoms with Crippen molar-refractivity contribution in [2.24, 2.45) is 0 Å². The first-order chi connectivity index (χ1) is 9.65. The number of amides is 1. The molecule has 20 heavy (non-hydrogen) atoms. The van der Waals surface area contributed by atoms with Gasteiger partial charge < -0.3 is 10.2 Å². The van der Waals surface area contributed by atoms with Gasteiger partial charge in [-0.1, -0.05) is 18.9 Å². The van der Waals surface area contributed by atoms with E-state index in [0.717, 1.165) is 38.2 Å². The summed E-state index contributed by atoms with van der Waals surface area (Å²) in [6.45, 7) is 6.81. The topological polar surface area (TPSA) is 32.3 Å². The lowest BCUT2D eigenvalue weighted by molar-refractivity contribution is -0.130. The second kappa shape index (κ2) is 7.32. The summed E-state index contributed by atoms with van der Waals surface area (Å²) in [4.78, 5) is 14.2. The Morgan fingerprint density at radius 1 is 1.05 bits per heavy atom. The Balaban J connectivity index is 1.78. The summed E-state index contributed by atoms with van der Waals surface area (Å²) < 4.78 is 0. The monoisotopic (exact) mass is 274 g/mol. The van der Waals surface area contributed by atoms with E-state index < -0.39 is 0 Å². The van der Waals surface area contributed by atoms with Crippen LogP contribution in [-0.2, 0) is 4.79 Å². The third-order valence-corrected chi connectivity index (χ3v) is 3.85. The molecule has 0 saturated carbocycles. The van der Waals surface area contributed by atoms with Crippen LogP contribution in [0.1, 0.15) is 43.2 Å². The molecule has 0 bridgehead atoms. The Hall–Kier alpha value is -1.51. The Labute approximate surface area is 122 Å². The molecule has 1 fully saturated rings. The largest absolute Gasteiger partial charge is 0.385 e. The Bertz CT molecular complexity index is 428. The zero-order valence-electron chi connectivity index (χ0n) is 12.7. The first-order valence-corrected chi connectivity index (χ1v) is 7.75. The number of rotatable bonds is 4. The zero-order chi connectivity index (χ0) is 14.4. The number of nitrogens with one attached hydrogen (secondary N) is 1. The summed E-state index contributed by atoms with van der Waals surface area (Å²) in [7, 11) is 0. The van der Waals surface area contributed by atoms with Crippen molar-refractivity contribution in [2.75, 3.05) is 25.0 Å². The minimum Gasteiger partial charge on any atom is -0.385 e. The number of aryl methyl sites for hydroxylation is 2. The molecule has 1 amide bonds. The molecule has 1 aliphatic heterocycles. The van der Waals surface area contributed by atoms with Gasteiger partial charge >= 0.3 is 0 Å². The van der Waals surface area contributed by atoms with Gasteiger partial charge in [-0.05, 0) is 49.9 Å². The van der Waals surface area contributed by atoms with Gasteiger partial charge in [0.15, 0.2) is 0 Å². The molecule has 1 aliphatic rings. The maximum atomic E-state index is 12.2. The predicted octanol–water partition coefficient (Wildman–Crippen LogP) is 3.51.